The number of anilines is 1. The number of alkyl halides is 3. The van der Waals surface area contributed by atoms with Crippen molar-refractivity contribution in [2.24, 2.45) is 5.92 Å². The third-order valence-corrected chi connectivity index (χ3v) is 5.23. The van der Waals surface area contributed by atoms with Gasteiger partial charge in [-0.25, -0.2) is 4.98 Å². The predicted octanol–water partition coefficient (Wildman–Crippen LogP) is 7.00. The van der Waals surface area contributed by atoms with E-state index in [1.807, 2.05) is 23.6 Å². The number of rotatable bonds is 6. The largest absolute Gasteiger partial charge is 0.418 e. The van der Waals surface area contributed by atoms with Crippen LogP contribution in [0.2, 0.25) is 0 Å². The van der Waals surface area contributed by atoms with Gasteiger partial charge in [-0.1, -0.05) is 50.2 Å². The van der Waals surface area contributed by atoms with Crippen LogP contribution in [0.3, 0.4) is 0 Å². The summed E-state index contributed by atoms with van der Waals surface area (Å²) < 4.78 is 39.4. The van der Waals surface area contributed by atoms with Crippen molar-refractivity contribution in [1.29, 1.82) is 5.26 Å². The molecule has 3 rings (SSSR count). The van der Waals surface area contributed by atoms with Gasteiger partial charge >= 0.3 is 6.18 Å². The number of aromatic nitrogens is 1. The molecule has 0 bridgehead atoms. The number of nitriles is 1. The molecule has 0 amide bonds. The number of para-hydroxylation sites is 1. The van der Waals surface area contributed by atoms with E-state index in [1.165, 1.54) is 41.3 Å². The van der Waals surface area contributed by atoms with Gasteiger partial charge in [-0.05, 0) is 30.0 Å². The van der Waals surface area contributed by atoms with Gasteiger partial charge in [0.05, 0.1) is 16.9 Å². The maximum absolute atomic E-state index is 13.1. The topological polar surface area (TPSA) is 48.7 Å². The third kappa shape index (κ3) is 5.28. The van der Waals surface area contributed by atoms with Crippen LogP contribution in [0.1, 0.15) is 30.0 Å². The van der Waals surface area contributed by atoms with Crippen molar-refractivity contribution in [3.8, 4) is 17.3 Å². The van der Waals surface area contributed by atoms with Crippen molar-refractivity contribution in [1.82, 2.24) is 4.98 Å². The molecule has 1 N–H and O–H groups in total. The smallest absolute Gasteiger partial charge is 0.360 e. The molecule has 154 valence electrons. The van der Waals surface area contributed by atoms with Crippen molar-refractivity contribution < 1.29 is 13.2 Å². The highest BCUT2D eigenvalue weighted by Gasteiger charge is 2.33. The number of hydrogen-bond acceptors (Lipinski definition) is 4. The first kappa shape index (κ1) is 21.6. The van der Waals surface area contributed by atoms with Gasteiger partial charge in [0.2, 0.25) is 0 Å². The van der Waals surface area contributed by atoms with Gasteiger partial charge in [0.15, 0.2) is 0 Å². The molecule has 3 nitrogen and oxygen atoms in total. The zero-order valence-electron chi connectivity index (χ0n) is 16.5. The zero-order chi connectivity index (χ0) is 21.7. The molecule has 0 radical (unpaired) electrons. The number of halogens is 3. The molecule has 0 aliphatic heterocycles. The maximum Gasteiger partial charge on any atom is 0.418 e. The van der Waals surface area contributed by atoms with Gasteiger partial charge < -0.3 is 5.32 Å². The van der Waals surface area contributed by atoms with Crippen LogP contribution in [-0.2, 0) is 12.6 Å². The lowest BCUT2D eigenvalue weighted by atomic mass is 10.0. The number of nitrogens with one attached hydrogen (secondary N) is 1. The first-order valence-corrected chi connectivity index (χ1v) is 10.2. The Bertz CT molecular complexity index is 1070. The van der Waals surface area contributed by atoms with Gasteiger partial charge in [-0.2, -0.15) is 18.4 Å². The van der Waals surface area contributed by atoms with Gasteiger partial charge in [0.1, 0.15) is 16.6 Å². The van der Waals surface area contributed by atoms with E-state index < -0.39 is 11.7 Å². The minimum atomic E-state index is -4.49. The van der Waals surface area contributed by atoms with E-state index >= 15 is 0 Å². The molecular formula is C23H20F3N3S. The van der Waals surface area contributed by atoms with Crippen molar-refractivity contribution >= 4 is 22.6 Å². The number of thiazole rings is 1. The van der Waals surface area contributed by atoms with Gasteiger partial charge in [0.25, 0.3) is 0 Å². The summed E-state index contributed by atoms with van der Waals surface area (Å²) in [4.78, 5) is 4.49. The summed E-state index contributed by atoms with van der Waals surface area (Å²) in [5.74, 6) is 0.569. The SMILES string of the molecule is CC(C)Cc1ccc(-c2csc(C(C#N)=CNc3ccccc3C(F)(F)F)n2)cc1. The van der Waals surface area contributed by atoms with Crippen molar-refractivity contribution in [2.45, 2.75) is 26.4 Å². The second-order valence-corrected chi connectivity index (χ2v) is 8.05. The molecule has 30 heavy (non-hydrogen) atoms. The highest BCUT2D eigenvalue weighted by Crippen LogP contribution is 2.35. The van der Waals surface area contributed by atoms with E-state index in [9.17, 15) is 18.4 Å². The van der Waals surface area contributed by atoms with E-state index in [0.717, 1.165) is 23.7 Å². The Labute approximate surface area is 177 Å². The number of allylic oxidation sites excluding steroid dienone is 1. The summed E-state index contributed by atoms with van der Waals surface area (Å²) in [6.07, 6.45) is -2.23. The number of benzene rings is 2. The fraction of sp³-hybridized carbons (Fsp3) is 0.217. The summed E-state index contributed by atoms with van der Waals surface area (Å²) in [7, 11) is 0. The quantitative estimate of drug-likeness (QED) is 0.431. The van der Waals surface area contributed by atoms with Crippen LogP contribution in [0, 0.1) is 17.2 Å². The summed E-state index contributed by atoms with van der Waals surface area (Å²) in [5, 5.41) is 14.4. The number of nitrogens with zero attached hydrogens (tertiary/aromatic N) is 2. The minimum Gasteiger partial charge on any atom is -0.360 e. The summed E-state index contributed by atoms with van der Waals surface area (Å²) in [6.45, 7) is 4.33. The Morgan fingerprint density at radius 3 is 2.50 bits per heavy atom. The molecule has 0 fully saturated rings. The lowest BCUT2D eigenvalue weighted by Crippen LogP contribution is -2.08. The molecule has 0 saturated carbocycles. The number of hydrogen-bond donors (Lipinski definition) is 1. The second-order valence-electron chi connectivity index (χ2n) is 7.19. The van der Waals surface area contributed by atoms with Gasteiger partial charge in [-0.3, -0.25) is 0 Å². The summed E-state index contributed by atoms with van der Waals surface area (Å²) in [6, 6.07) is 15.2. The summed E-state index contributed by atoms with van der Waals surface area (Å²) in [5.41, 5.74) is 2.16. The fourth-order valence-corrected chi connectivity index (χ4v) is 3.76. The van der Waals surface area contributed by atoms with E-state index in [4.69, 9.17) is 0 Å². The normalized spacial score (nSPS) is 12.1. The molecule has 1 aromatic heterocycles. The molecule has 0 atom stereocenters. The van der Waals surface area contributed by atoms with Crippen LogP contribution >= 0.6 is 11.3 Å². The Balaban J connectivity index is 1.81. The Kier molecular flexibility index (Phi) is 6.58. The molecule has 1 heterocycles. The van der Waals surface area contributed by atoms with Gasteiger partial charge in [-0.15, -0.1) is 11.3 Å². The molecule has 3 aromatic rings. The predicted molar refractivity (Wildman–Crippen MR) is 115 cm³/mol. The lowest BCUT2D eigenvalue weighted by Gasteiger charge is -2.12. The average molecular weight is 427 g/mol. The Morgan fingerprint density at radius 2 is 1.87 bits per heavy atom. The Hall–Kier alpha value is -3.11. The molecule has 0 aliphatic carbocycles. The monoisotopic (exact) mass is 427 g/mol. The standard InChI is InChI=1S/C23H20F3N3S/c1-15(2)11-16-7-9-17(10-8-16)21-14-30-22(29-21)18(12-27)13-28-20-6-4-3-5-19(20)23(24,25)26/h3-10,13-15,28H,11H2,1-2H3. The van der Waals surface area contributed by atoms with E-state index in [-0.39, 0.29) is 11.3 Å². The summed E-state index contributed by atoms with van der Waals surface area (Å²) >= 11 is 1.27. The van der Waals surface area contributed by atoms with Crippen molar-refractivity contribution in [3.63, 3.8) is 0 Å². The van der Waals surface area contributed by atoms with Crippen LogP contribution < -0.4 is 5.32 Å². The Morgan fingerprint density at radius 1 is 1.17 bits per heavy atom. The molecule has 0 aliphatic rings. The second kappa shape index (κ2) is 9.14. The molecule has 0 saturated heterocycles. The van der Waals surface area contributed by atoms with Crippen molar-refractivity contribution in [2.75, 3.05) is 5.32 Å². The molecular weight excluding hydrogens is 407 g/mol. The van der Waals surface area contributed by atoms with Crippen LogP contribution in [0.5, 0.6) is 0 Å². The first-order valence-electron chi connectivity index (χ1n) is 9.36. The van der Waals surface area contributed by atoms with Gasteiger partial charge in [0, 0.05) is 17.1 Å². The van der Waals surface area contributed by atoms with Crippen LogP contribution in [0.4, 0.5) is 18.9 Å². The third-order valence-electron chi connectivity index (χ3n) is 4.35. The molecule has 0 unspecified atom stereocenters. The van der Waals surface area contributed by atoms with E-state index in [1.54, 1.807) is 0 Å². The zero-order valence-corrected chi connectivity index (χ0v) is 17.3. The fourth-order valence-electron chi connectivity index (χ4n) is 2.96. The molecule has 7 heteroatoms. The highest BCUT2D eigenvalue weighted by molar-refractivity contribution is 7.11. The first-order chi connectivity index (χ1) is 14.3. The molecule has 2 aromatic carbocycles. The average Bonchev–Trinajstić information content (AvgIpc) is 3.18. The minimum absolute atomic E-state index is 0.115. The highest BCUT2D eigenvalue weighted by atomic mass is 32.1. The van der Waals surface area contributed by atoms with Crippen LogP contribution in [0.15, 0.2) is 60.1 Å². The van der Waals surface area contributed by atoms with Crippen LogP contribution in [-0.4, -0.2) is 4.98 Å². The molecule has 0 spiro atoms. The lowest BCUT2D eigenvalue weighted by molar-refractivity contribution is -0.136. The van der Waals surface area contributed by atoms with E-state index in [2.05, 4.69) is 36.3 Å². The maximum atomic E-state index is 13.1. The van der Waals surface area contributed by atoms with Crippen LogP contribution in [0.25, 0.3) is 16.8 Å². The van der Waals surface area contributed by atoms with Crippen molar-refractivity contribution in [3.05, 3.63) is 76.2 Å². The van der Waals surface area contributed by atoms with E-state index in [0.29, 0.717) is 10.9 Å².